The van der Waals surface area contributed by atoms with Crippen LogP contribution in [-0.4, -0.2) is 61.9 Å². The lowest BCUT2D eigenvalue weighted by Gasteiger charge is -2.12. The number of carbonyl (C=O) groups is 2. The molecular formula is C26H50N2O5. The first-order valence-electron chi connectivity index (χ1n) is 11.7. The van der Waals surface area contributed by atoms with Crippen molar-refractivity contribution in [3.63, 3.8) is 0 Å². The van der Waals surface area contributed by atoms with Crippen molar-refractivity contribution in [2.75, 3.05) is 27.3 Å². The van der Waals surface area contributed by atoms with Crippen LogP contribution in [-0.2, 0) is 14.3 Å². The Kier molecular flexibility index (Phi) is 26.9. The normalized spacial score (nSPS) is 13.0. The molecule has 0 fully saturated rings. The molecule has 0 aromatic rings. The van der Waals surface area contributed by atoms with Gasteiger partial charge in [0.1, 0.15) is 6.29 Å². The fourth-order valence-corrected chi connectivity index (χ4v) is 2.43. The van der Waals surface area contributed by atoms with E-state index in [1.165, 1.54) is 7.05 Å². The Morgan fingerprint density at radius 1 is 1.06 bits per heavy atom. The summed E-state index contributed by atoms with van der Waals surface area (Å²) in [6.07, 6.45) is 8.89. The van der Waals surface area contributed by atoms with Crippen molar-refractivity contribution in [3.05, 3.63) is 36.0 Å². The fraction of sp³-hybridized carbons (Fsp3) is 0.692. The molecule has 194 valence electrons. The van der Waals surface area contributed by atoms with Crippen molar-refractivity contribution in [1.82, 2.24) is 5.32 Å². The molecule has 0 spiro atoms. The van der Waals surface area contributed by atoms with E-state index in [0.717, 1.165) is 31.1 Å². The van der Waals surface area contributed by atoms with Gasteiger partial charge < -0.3 is 26.0 Å². The molecule has 2 atom stereocenters. The highest BCUT2D eigenvalue weighted by atomic mass is 16.5. The summed E-state index contributed by atoms with van der Waals surface area (Å²) in [4.78, 5) is 22.0. The Balaban J connectivity index is -0.000000508. The zero-order chi connectivity index (χ0) is 26.2. The third kappa shape index (κ3) is 26.3. The summed E-state index contributed by atoms with van der Waals surface area (Å²) in [5.41, 5.74) is 5.77. The Morgan fingerprint density at radius 2 is 1.64 bits per heavy atom. The molecule has 0 rings (SSSR count). The van der Waals surface area contributed by atoms with Gasteiger partial charge in [-0.2, -0.15) is 0 Å². The number of ether oxygens (including phenoxy) is 1. The predicted molar refractivity (Wildman–Crippen MR) is 138 cm³/mol. The van der Waals surface area contributed by atoms with Gasteiger partial charge in [-0.25, -0.2) is 0 Å². The van der Waals surface area contributed by atoms with Crippen LogP contribution in [0.4, 0.5) is 0 Å². The molecule has 1 amide bonds. The minimum atomic E-state index is -0.485. The molecule has 7 heteroatoms. The van der Waals surface area contributed by atoms with Crippen molar-refractivity contribution in [3.8, 4) is 0 Å². The average molecular weight is 471 g/mol. The number of rotatable bonds is 15. The summed E-state index contributed by atoms with van der Waals surface area (Å²) in [6.45, 7) is 14.8. The summed E-state index contributed by atoms with van der Waals surface area (Å²) >= 11 is 0. The molecule has 7 nitrogen and oxygen atoms in total. The van der Waals surface area contributed by atoms with Gasteiger partial charge in [0.2, 0.25) is 5.91 Å². The van der Waals surface area contributed by atoms with E-state index in [1.807, 2.05) is 6.92 Å². The van der Waals surface area contributed by atoms with Crippen LogP contribution < -0.4 is 11.1 Å². The van der Waals surface area contributed by atoms with Gasteiger partial charge in [0.05, 0.1) is 25.2 Å². The number of nitrogens with one attached hydrogen (secondary N) is 1. The number of amides is 1. The quantitative estimate of drug-likeness (QED) is 0.165. The topological polar surface area (TPSA) is 122 Å². The standard InChI is InChI=1S/C13H27NO2.C12H18O3.CH5N/c1-10(2)5-6-12(15)9-13(16)14-8-7-11(3)4;1-10(9-14)12(6-4-5-7-13)8-11(2)15-3;1-2/h10-12,15H,5-9H2,1-4H3,(H,14,16);4-6,9,11,13H,1,7-8H2,2-3H3;2H2,1H3/b;5-4-,12-6-;. The molecule has 0 heterocycles. The van der Waals surface area contributed by atoms with Crippen LogP contribution in [0.3, 0.4) is 0 Å². The van der Waals surface area contributed by atoms with Gasteiger partial charge in [0, 0.05) is 19.2 Å². The van der Waals surface area contributed by atoms with Crippen LogP contribution in [0, 0.1) is 11.8 Å². The van der Waals surface area contributed by atoms with Crippen LogP contribution >= 0.6 is 0 Å². The lowest BCUT2D eigenvalue weighted by molar-refractivity contribution is -0.123. The molecule has 0 aliphatic rings. The molecular weight excluding hydrogens is 420 g/mol. The van der Waals surface area contributed by atoms with Gasteiger partial charge in [-0.3, -0.25) is 9.59 Å². The van der Waals surface area contributed by atoms with E-state index in [9.17, 15) is 14.7 Å². The third-order valence-corrected chi connectivity index (χ3v) is 4.55. The van der Waals surface area contributed by atoms with E-state index in [1.54, 1.807) is 25.3 Å². The summed E-state index contributed by atoms with van der Waals surface area (Å²) in [5.74, 6) is 1.15. The number of aldehydes is 1. The molecule has 2 unspecified atom stereocenters. The number of nitrogens with two attached hydrogens (primary N) is 1. The molecule has 0 aromatic carbocycles. The van der Waals surface area contributed by atoms with Crippen molar-refractivity contribution < 1.29 is 24.5 Å². The number of aliphatic hydroxyl groups is 2. The molecule has 5 N–H and O–H groups in total. The molecule has 0 bridgehead atoms. The number of hydrogen-bond donors (Lipinski definition) is 4. The first kappa shape index (κ1) is 35.8. The van der Waals surface area contributed by atoms with Crippen molar-refractivity contribution in [1.29, 1.82) is 0 Å². The summed E-state index contributed by atoms with van der Waals surface area (Å²) < 4.78 is 5.11. The minimum absolute atomic E-state index is 0.0167. The van der Waals surface area contributed by atoms with Crippen LogP contribution in [0.2, 0.25) is 0 Å². The Labute approximate surface area is 202 Å². The third-order valence-electron chi connectivity index (χ3n) is 4.55. The zero-order valence-corrected chi connectivity index (χ0v) is 22.0. The number of methoxy groups -OCH3 is 1. The van der Waals surface area contributed by atoms with Gasteiger partial charge in [-0.05, 0) is 57.1 Å². The van der Waals surface area contributed by atoms with Crippen LogP contribution in [0.1, 0.15) is 66.7 Å². The second-order valence-corrected chi connectivity index (χ2v) is 8.56. The first-order valence-corrected chi connectivity index (χ1v) is 11.7. The molecule has 0 saturated carbocycles. The predicted octanol–water partition coefficient (Wildman–Crippen LogP) is 3.55. The molecule has 33 heavy (non-hydrogen) atoms. The number of carbonyl (C=O) groups excluding carboxylic acids is 2. The monoisotopic (exact) mass is 470 g/mol. The van der Waals surface area contributed by atoms with Gasteiger partial charge in [0.15, 0.2) is 0 Å². The highest BCUT2D eigenvalue weighted by Gasteiger charge is 2.11. The zero-order valence-electron chi connectivity index (χ0n) is 22.0. The Morgan fingerprint density at radius 3 is 2.09 bits per heavy atom. The van der Waals surface area contributed by atoms with E-state index in [4.69, 9.17) is 9.84 Å². The fourth-order valence-electron chi connectivity index (χ4n) is 2.43. The largest absolute Gasteiger partial charge is 0.393 e. The summed E-state index contributed by atoms with van der Waals surface area (Å²) in [5, 5.41) is 21.0. The first-order chi connectivity index (χ1) is 15.6. The number of aliphatic hydroxyl groups excluding tert-OH is 2. The smallest absolute Gasteiger partial charge is 0.222 e. The van der Waals surface area contributed by atoms with Crippen LogP contribution in [0.5, 0.6) is 0 Å². The van der Waals surface area contributed by atoms with Crippen molar-refractivity contribution >= 4 is 12.2 Å². The van der Waals surface area contributed by atoms with Gasteiger partial charge in [-0.15, -0.1) is 0 Å². The molecule has 0 saturated heterocycles. The van der Waals surface area contributed by atoms with Crippen molar-refractivity contribution in [2.45, 2.75) is 78.9 Å². The van der Waals surface area contributed by atoms with Crippen LogP contribution in [0.25, 0.3) is 0 Å². The molecule has 0 aliphatic heterocycles. The maximum Gasteiger partial charge on any atom is 0.222 e. The van der Waals surface area contributed by atoms with Gasteiger partial charge in [-0.1, -0.05) is 52.5 Å². The molecule has 0 aromatic heterocycles. The Bertz CT molecular complexity index is 557. The summed E-state index contributed by atoms with van der Waals surface area (Å²) in [6, 6.07) is 0. The van der Waals surface area contributed by atoms with E-state index in [-0.39, 0.29) is 25.0 Å². The summed E-state index contributed by atoms with van der Waals surface area (Å²) in [7, 11) is 3.12. The second kappa shape index (κ2) is 24.8. The molecule has 0 aliphatic carbocycles. The minimum Gasteiger partial charge on any atom is -0.393 e. The maximum atomic E-state index is 11.4. The van der Waals surface area contributed by atoms with E-state index in [2.05, 4.69) is 45.3 Å². The van der Waals surface area contributed by atoms with Gasteiger partial charge in [0.25, 0.3) is 0 Å². The lowest BCUT2D eigenvalue weighted by Crippen LogP contribution is -2.29. The average Bonchev–Trinajstić information content (AvgIpc) is 2.77. The van der Waals surface area contributed by atoms with Gasteiger partial charge >= 0.3 is 0 Å². The highest BCUT2D eigenvalue weighted by molar-refractivity contribution is 5.79. The lowest BCUT2D eigenvalue weighted by atomic mass is 10.0. The number of allylic oxidation sites excluding steroid dienone is 3. The molecule has 0 radical (unpaired) electrons. The van der Waals surface area contributed by atoms with E-state index in [0.29, 0.717) is 30.4 Å². The number of hydrogen-bond acceptors (Lipinski definition) is 6. The van der Waals surface area contributed by atoms with E-state index < -0.39 is 6.10 Å². The maximum absolute atomic E-state index is 11.4. The Hall–Kier alpha value is -1.80. The van der Waals surface area contributed by atoms with E-state index >= 15 is 0 Å². The second-order valence-electron chi connectivity index (χ2n) is 8.56. The highest BCUT2D eigenvalue weighted by Crippen LogP contribution is 2.14. The SMILES string of the molecule is C=C(C=O)/C(=C\C=C/CO)CC(C)OC.CC(C)CCNC(=O)CC(O)CCC(C)C.CN. The van der Waals surface area contributed by atoms with Crippen LogP contribution in [0.15, 0.2) is 36.0 Å². The van der Waals surface area contributed by atoms with Crippen molar-refractivity contribution in [2.24, 2.45) is 17.6 Å².